The minimum Gasteiger partial charge on any atom is -0.495 e. The first-order valence-corrected chi connectivity index (χ1v) is 6.50. The number of carbonyl (C=O) groups excluding carboxylic acids is 1. The van der Waals surface area contributed by atoms with Crippen LogP contribution >= 0.6 is 15.9 Å². The fourth-order valence-electron chi connectivity index (χ4n) is 1.66. The second-order valence-electron chi connectivity index (χ2n) is 4.04. The summed E-state index contributed by atoms with van der Waals surface area (Å²) in [5, 5.41) is 2.68. The van der Waals surface area contributed by atoms with Crippen molar-refractivity contribution < 1.29 is 13.9 Å². The molecule has 2 aromatic carbocycles. The van der Waals surface area contributed by atoms with E-state index in [0.29, 0.717) is 22.7 Å². The highest BCUT2D eigenvalue weighted by Gasteiger charge is 2.11. The average Bonchev–Trinajstić information content (AvgIpc) is 2.42. The zero-order valence-electron chi connectivity index (χ0n) is 10.6. The van der Waals surface area contributed by atoms with Crippen molar-refractivity contribution in [3.05, 3.63) is 52.3 Å². The molecule has 6 heteroatoms. The Labute approximate surface area is 123 Å². The summed E-state index contributed by atoms with van der Waals surface area (Å²) in [5.41, 5.74) is 6.96. The number of benzene rings is 2. The Bertz CT molecular complexity index is 662. The van der Waals surface area contributed by atoms with Crippen LogP contribution in [0.5, 0.6) is 5.75 Å². The molecule has 0 saturated carbocycles. The molecule has 0 aromatic heterocycles. The first-order chi connectivity index (χ1) is 9.51. The van der Waals surface area contributed by atoms with Crippen molar-refractivity contribution in [2.45, 2.75) is 0 Å². The van der Waals surface area contributed by atoms with Crippen molar-refractivity contribution in [1.82, 2.24) is 0 Å². The number of ether oxygens (including phenoxy) is 1. The number of hydrogen-bond acceptors (Lipinski definition) is 3. The highest BCUT2D eigenvalue weighted by molar-refractivity contribution is 9.10. The second kappa shape index (κ2) is 5.92. The predicted octanol–water partition coefficient (Wildman–Crippen LogP) is 3.43. The molecule has 0 aliphatic carbocycles. The predicted molar refractivity (Wildman–Crippen MR) is 79.5 cm³/mol. The maximum atomic E-state index is 13.1. The van der Waals surface area contributed by atoms with Gasteiger partial charge in [-0.05, 0) is 52.3 Å². The van der Waals surface area contributed by atoms with Gasteiger partial charge >= 0.3 is 0 Å². The van der Waals surface area contributed by atoms with E-state index in [4.69, 9.17) is 10.5 Å². The van der Waals surface area contributed by atoms with Gasteiger partial charge in [0, 0.05) is 11.3 Å². The summed E-state index contributed by atoms with van der Waals surface area (Å²) in [6, 6.07) is 8.94. The lowest BCUT2D eigenvalue weighted by atomic mass is 10.2. The Morgan fingerprint density at radius 1 is 1.30 bits per heavy atom. The van der Waals surface area contributed by atoms with Crippen molar-refractivity contribution in [3.63, 3.8) is 0 Å². The summed E-state index contributed by atoms with van der Waals surface area (Å²) < 4.78 is 18.5. The number of methoxy groups -OCH3 is 1. The van der Waals surface area contributed by atoms with Crippen LogP contribution in [-0.2, 0) is 0 Å². The first-order valence-electron chi connectivity index (χ1n) is 5.71. The highest BCUT2D eigenvalue weighted by atomic mass is 79.9. The summed E-state index contributed by atoms with van der Waals surface area (Å²) in [7, 11) is 1.50. The van der Waals surface area contributed by atoms with Crippen LogP contribution in [0, 0.1) is 5.82 Å². The van der Waals surface area contributed by atoms with Crippen molar-refractivity contribution in [3.8, 4) is 5.75 Å². The lowest BCUT2D eigenvalue weighted by Gasteiger charge is -2.11. The van der Waals surface area contributed by atoms with Crippen LogP contribution in [0.15, 0.2) is 40.9 Å². The van der Waals surface area contributed by atoms with E-state index in [1.54, 1.807) is 18.2 Å². The van der Waals surface area contributed by atoms with Gasteiger partial charge < -0.3 is 15.8 Å². The molecule has 20 heavy (non-hydrogen) atoms. The average molecular weight is 339 g/mol. The van der Waals surface area contributed by atoms with E-state index >= 15 is 0 Å². The van der Waals surface area contributed by atoms with Gasteiger partial charge in [-0.3, -0.25) is 4.79 Å². The zero-order valence-corrected chi connectivity index (χ0v) is 12.2. The summed E-state index contributed by atoms with van der Waals surface area (Å²) in [6.07, 6.45) is 0. The van der Waals surface area contributed by atoms with Crippen molar-refractivity contribution in [1.29, 1.82) is 0 Å². The Balaban J connectivity index is 2.27. The number of nitrogen functional groups attached to an aromatic ring is 1. The minimum absolute atomic E-state index is 0.227. The van der Waals surface area contributed by atoms with Gasteiger partial charge in [0.2, 0.25) is 0 Å². The molecule has 0 heterocycles. The summed E-state index contributed by atoms with van der Waals surface area (Å²) >= 11 is 3.04. The topological polar surface area (TPSA) is 64.3 Å². The molecule has 0 spiro atoms. The molecule has 0 fully saturated rings. The standard InChI is InChI=1S/C14H12BrFN2O2/c1-20-13-5-3-9(17)7-12(13)18-14(19)8-2-4-11(16)10(15)6-8/h2-7H,17H2,1H3,(H,18,19). The third-order valence-electron chi connectivity index (χ3n) is 2.65. The number of carbonyl (C=O) groups is 1. The molecule has 0 atom stereocenters. The van der Waals surface area contributed by atoms with E-state index in [1.165, 1.54) is 25.3 Å². The van der Waals surface area contributed by atoms with Crippen LogP contribution in [0.3, 0.4) is 0 Å². The molecule has 0 saturated heterocycles. The lowest BCUT2D eigenvalue weighted by Crippen LogP contribution is -2.13. The molecular weight excluding hydrogens is 327 g/mol. The molecule has 4 nitrogen and oxygen atoms in total. The van der Waals surface area contributed by atoms with Crippen LogP contribution in [0.25, 0.3) is 0 Å². The monoisotopic (exact) mass is 338 g/mol. The van der Waals surface area contributed by atoms with E-state index in [9.17, 15) is 9.18 Å². The SMILES string of the molecule is COc1ccc(N)cc1NC(=O)c1ccc(F)c(Br)c1. The second-order valence-corrected chi connectivity index (χ2v) is 4.90. The molecule has 0 radical (unpaired) electrons. The number of amides is 1. The van der Waals surface area contributed by atoms with E-state index in [2.05, 4.69) is 21.2 Å². The van der Waals surface area contributed by atoms with Gasteiger partial charge in [-0.2, -0.15) is 0 Å². The molecule has 1 amide bonds. The highest BCUT2D eigenvalue weighted by Crippen LogP contribution is 2.27. The number of nitrogens with two attached hydrogens (primary N) is 1. The van der Waals surface area contributed by atoms with Gasteiger partial charge in [0.05, 0.1) is 17.3 Å². The van der Waals surface area contributed by atoms with Crippen molar-refractivity contribution >= 4 is 33.2 Å². The first kappa shape index (κ1) is 14.3. The molecule has 0 aliphatic rings. The number of halogens is 2. The maximum Gasteiger partial charge on any atom is 0.255 e. The zero-order chi connectivity index (χ0) is 14.7. The molecule has 0 aliphatic heterocycles. The van der Waals surface area contributed by atoms with Crippen molar-refractivity contribution in [2.24, 2.45) is 0 Å². The van der Waals surface area contributed by atoms with Crippen molar-refractivity contribution in [2.75, 3.05) is 18.2 Å². The Kier molecular flexibility index (Phi) is 4.24. The quantitative estimate of drug-likeness (QED) is 0.842. The third kappa shape index (κ3) is 3.08. The van der Waals surface area contributed by atoms with E-state index in [-0.39, 0.29) is 10.4 Å². The fourth-order valence-corrected chi connectivity index (χ4v) is 2.03. The molecule has 104 valence electrons. The van der Waals surface area contributed by atoms with Crippen LogP contribution < -0.4 is 15.8 Å². The van der Waals surface area contributed by atoms with Gasteiger partial charge in [-0.25, -0.2) is 4.39 Å². The van der Waals surface area contributed by atoms with Gasteiger partial charge in [0.1, 0.15) is 11.6 Å². The molecular formula is C14H12BrFN2O2. The van der Waals surface area contributed by atoms with Crippen LogP contribution in [0.4, 0.5) is 15.8 Å². The number of hydrogen-bond donors (Lipinski definition) is 2. The van der Waals surface area contributed by atoms with Gasteiger partial charge in [0.25, 0.3) is 5.91 Å². The van der Waals surface area contributed by atoms with Gasteiger partial charge in [-0.15, -0.1) is 0 Å². The summed E-state index contributed by atoms with van der Waals surface area (Å²) in [6.45, 7) is 0. The molecule has 0 bridgehead atoms. The molecule has 2 rings (SSSR count). The Morgan fingerprint density at radius 2 is 2.05 bits per heavy atom. The number of anilines is 2. The fraction of sp³-hybridized carbons (Fsp3) is 0.0714. The molecule has 2 aromatic rings. The van der Waals surface area contributed by atoms with Crippen LogP contribution in [-0.4, -0.2) is 13.0 Å². The lowest BCUT2D eigenvalue weighted by molar-refractivity contribution is 0.102. The number of nitrogens with one attached hydrogen (secondary N) is 1. The third-order valence-corrected chi connectivity index (χ3v) is 3.26. The van der Waals surface area contributed by atoms with E-state index in [1.807, 2.05) is 0 Å². The Morgan fingerprint density at radius 3 is 2.70 bits per heavy atom. The maximum absolute atomic E-state index is 13.1. The van der Waals surface area contributed by atoms with E-state index in [0.717, 1.165) is 0 Å². The largest absolute Gasteiger partial charge is 0.495 e. The van der Waals surface area contributed by atoms with E-state index < -0.39 is 5.82 Å². The van der Waals surface area contributed by atoms with Gasteiger partial charge in [-0.1, -0.05) is 0 Å². The van der Waals surface area contributed by atoms with Gasteiger partial charge in [0.15, 0.2) is 0 Å². The normalized spacial score (nSPS) is 10.2. The van der Waals surface area contributed by atoms with Crippen LogP contribution in [0.2, 0.25) is 0 Å². The van der Waals surface area contributed by atoms with Crippen LogP contribution in [0.1, 0.15) is 10.4 Å². The summed E-state index contributed by atoms with van der Waals surface area (Å²) in [4.78, 5) is 12.1. The molecule has 0 unspecified atom stereocenters. The number of rotatable bonds is 3. The summed E-state index contributed by atoms with van der Waals surface area (Å²) in [5.74, 6) is -0.314. The minimum atomic E-state index is -0.428. The molecule has 3 N–H and O–H groups in total. The smallest absolute Gasteiger partial charge is 0.255 e. The Hall–Kier alpha value is -2.08.